The molecule has 2 aromatic rings. The Morgan fingerprint density at radius 2 is 1.48 bits per heavy atom. The zero-order chi connectivity index (χ0) is 17.6. The second-order valence-electron chi connectivity index (χ2n) is 6.56. The van der Waals surface area contributed by atoms with Crippen LogP contribution < -0.4 is 10.4 Å². The largest absolute Gasteiger partial charge is 0.404 e. The van der Waals surface area contributed by atoms with Crippen LogP contribution in [0.15, 0.2) is 85.4 Å². The highest BCUT2D eigenvalue weighted by molar-refractivity contribution is 6.99. The Labute approximate surface area is 142 Å². The lowest BCUT2D eigenvalue weighted by Crippen LogP contribution is -2.66. The van der Waals surface area contributed by atoms with Crippen LogP contribution in [0.4, 0.5) is 0 Å². The summed E-state index contributed by atoms with van der Waals surface area (Å²) in [6, 6.07) is 21.4. The summed E-state index contributed by atoms with van der Waals surface area (Å²) < 4.78 is 14.7. The molecule has 0 aromatic heterocycles. The van der Waals surface area contributed by atoms with Crippen LogP contribution in [0, 0.1) is 0 Å². The molecule has 0 amide bonds. The van der Waals surface area contributed by atoms with Crippen molar-refractivity contribution in [1.82, 2.24) is 0 Å². The zero-order valence-corrected chi connectivity index (χ0v) is 15.3. The zero-order valence-electron chi connectivity index (χ0n) is 15.3. The van der Waals surface area contributed by atoms with E-state index in [0.29, 0.717) is 12.7 Å². The Kier molecular flexibility index (Phi) is 5.26. The number of allylic oxidation sites excluding steroid dienone is 2. The van der Waals surface area contributed by atoms with E-state index < -0.39 is 8.32 Å². The van der Waals surface area contributed by atoms with Crippen molar-refractivity contribution in [3.63, 3.8) is 0 Å². The molecular weight excluding hydrogens is 296 g/mol. The highest BCUT2D eigenvalue weighted by Crippen LogP contribution is 2.36. The van der Waals surface area contributed by atoms with Gasteiger partial charge in [-0.05, 0) is 15.4 Å². The van der Waals surface area contributed by atoms with E-state index in [2.05, 4.69) is 75.9 Å². The molecule has 0 aliphatic heterocycles. The van der Waals surface area contributed by atoms with Crippen molar-refractivity contribution in [2.24, 2.45) is 0 Å². The molecule has 1 nitrogen and oxygen atoms in total. The SMILES string of the molecule is [2H]/C(=C\C=C)CO[Si](c1ccccc1)(c1ccccc1)C(C)(C)C. The van der Waals surface area contributed by atoms with Gasteiger partial charge < -0.3 is 4.43 Å². The summed E-state index contributed by atoms with van der Waals surface area (Å²) in [6.07, 6.45) is 3.33. The van der Waals surface area contributed by atoms with Crippen molar-refractivity contribution >= 4 is 18.7 Å². The Bertz CT molecular complexity index is 647. The third kappa shape index (κ3) is 3.71. The Hall–Kier alpha value is -1.90. The predicted molar refractivity (Wildman–Crippen MR) is 103 cm³/mol. The van der Waals surface area contributed by atoms with Crippen LogP contribution in [0.5, 0.6) is 0 Å². The average Bonchev–Trinajstić information content (AvgIpc) is 2.56. The summed E-state index contributed by atoms with van der Waals surface area (Å²) in [5, 5.41) is 2.40. The molecule has 0 heterocycles. The van der Waals surface area contributed by atoms with E-state index >= 15 is 0 Å². The third-order valence-electron chi connectivity index (χ3n) is 4.02. The highest BCUT2D eigenvalue weighted by Gasteiger charge is 2.49. The standard InChI is InChI=1S/C21H26OSi/c1-5-6-13-18-22-23(21(2,3)4,19-14-9-7-10-15-19)20-16-11-8-12-17-20/h5-17H,1,18H2,2-4H3/b13-6+/i13D. The van der Waals surface area contributed by atoms with Crippen LogP contribution in [0.3, 0.4) is 0 Å². The molecule has 0 bridgehead atoms. The molecule has 2 rings (SSSR count). The van der Waals surface area contributed by atoms with Crippen LogP contribution in [0.25, 0.3) is 0 Å². The van der Waals surface area contributed by atoms with Gasteiger partial charge in [0.05, 0.1) is 7.98 Å². The summed E-state index contributed by atoms with van der Waals surface area (Å²) >= 11 is 0. The minimum atomic E-state index is -2.54. The summed E-state index contributed by atoms with van der Waals surface area (Å²) in [6.45, 7) is 10.7. The normalized spacial score (nSPS) is 13.5. The van der Waals surface area contributed by atoms with Crippen molar-refractivity contribution in [2.75, 3.05) is 6.61 Å². The molecule has 0 unspecified atom stereocenters. The van der Waals surface area contributed by atoms with Crippen molar-refractivity contribution in [3.05, 3.63) is 85.4 Å². The lowest BCUT2D eigenvalue weighted by atomic mass is 10.2. The first-order valence-electron chi connectivity index (χ1n) is 8.45. The fraction of sp³-hybridized carbons (Fsp3) is 0.238. The van der Waals surface area contributed by atoms with Gasteiger partial charge in [-0.25, -0.2) is 0 Å². The first-order valence-corrected chi connectivity index (χ1v) is 9.86. The van der Waals surface area contributed by atoms with Gasteiger partial charge in [0, 0.05) is 0 Å². The molecule has 23 heavy (non-hydrogen) atoms. The van der Waals surface area contributed by atoms with Crippen LogP contribution in [-0.2, 0) is 4.43 Å². The maximum absolute atomic E-state index is 8.07. The molecule has 2 aromatic carbocycles. The second kappa shape index (κ2) is 7.58. The lowest BCUT2D eigenvalue weighted by molar-refractivity contribution is 0.339. The fourth-order valence-corrected chi connectivity index (χ4v) is 7.50. The van der Waals surface area contributed by atoms with Crippen molar-refractivity contribution < 1.29 is 5.80 Å². The average molecular weight is 324 g/mol. The van der Waals surface area contributed by atoms with Gasteiger partial charge in [-0.1, -0.05) is 106 Å². The van der Waals surface area contributed by atoms with Gasteiger partial charge in [-0.2, -0.15) is 0 Å². The highest BCUT2D eigenvalue weighted by atomic mass is 28.4. The molecule has 0 radical (unpaired) electrons. The molecule has 0 atom stereocenters. The van der Waals surface area contributed by atoms with Gasteiger partial charge in [0.2, 0.25) is 0 Å². The quantitative estimate of drug-likeness (QED) is 0.569. The summed E-state index contributed by atoms with van der Waals surface area (Å²) in [5.41, 5.74) is 0. The smallest absolute Gasteiger partial charge is 0.261 e. The molecular formula is C21H26OSi. The van der Waals surface area contributed by atoms with Crippen LogP contribution in [-0.4, -0.2) is 14.9 Å². The maximum atomic E-state index is 8.07. The summed E-state index contributed by atoms with van der Waals surface area (Å²) in [4.78, 5) is 0. The monoisotopic (exact) mass is 323 g/mol. The fourth-order valence-electron chi connectivity index (χ4n) is 3.04. The van der Waals surface area contributed by atoms with E-state index in [0.717, 1.165) is 0 Å². The van der Waals surface area contributed by atoms with Crippen molar-refractivity contribution in [3.8, 4) is 0 Å². The molecule has 0 N–H and O–H groups in total. The van der Waals surface area contributed by atoms with Gasteiger partial charge in [0.1, 0.15) is 0 Å². The molecule has 120 valence electrons. The minimum absolute atomic E-state index is 0.0653. The van der Waals surface area contributed by atoms with E-state index in [9.17, 15) is 0 Å². The van der Waals surface area contributed by atoms with E-state index in [-0.39, 0.29) is 5.04 Å². The predicted octanol–water partition coefficient (Wildman–Crippen LogP) is 4.31. The minimum Gasteiger partial charge on any atom is -0.404 e. The van der Waals surface area contributed by atoms with Gasteiger partial charge in [0.25, 0.3) is 8.32 Å². The Balaban J connectivity index is 2.61. The van der Waals surface area contributed by atoms with Crippen LogP contribution >= 0.6 is 0 Å². The third-order valence-corrected chi connectivity index (χ3v) is 9.01. The first-order chi connectivity index (χ1) is 11.4. The van der Waals surface area contributed by atoms with Crippen molar-refractivity contribution in [2.45, 2.75) is 25.8 Å². The topological polar surface area (TPSA) is 9.23 Å². The maximum Gasteiger partial charge on any atom is 0.261 e. The molecule has 0 aliphatic rings. The first kappa shape index (κ1) is 16.0. The lowest BCUT2D eigenvalue weighted by Gasteiger charge is -2.42. The molecule has 2 heteroatoms. The van der Waals surface area contributed by atoms with Crippen LogP contribution in [0.1, 0.15) is 22.1 Å². The van der Waals surface area contributed by atoms with E-state index in [1.54, 1.807) is 12.2 Å². The number of hydrogen-bond donors (Lipinski definition) is 0. The van der Waals surface area contributed by atoms with Gasteiger partial charge in [-0.15, -0.1) is 0 Å². The Morgan fingerprint density at radius 1 is 1.00 bits per heavy atom. The number of hydrogen-bond acceptors (Lipinski definition) is 1. The second-order valence-corrected chi connectivity index (χ2v) is 10.9. The molecule has 0 fully saturated rings. The van der Waals surface area contributed by atoms with Crippen molar-refractivity contribution in [1.29, 1.82) is 0 Å². The van der Waals surface area contributed by atoms with Gasteiger partial charge in [0.15, 0.2) is 0 Å². The van der Waals surface area contributed by atoms with E-state index in [1.165, 1.54) is 10.4 Å². The molecule has 0 spiro atoms. The Morgan fingerprint density at radius 3 is 1.87 bits per heavy atom. The van der Waals surface area contributed by atoms with Gasteiger partial charge >= 0.3 is 0 Å². The number of benzene rings is 2. The van der Waals surface area contributed by atoms with E-state index in [1.807, 2.05) is 12.1 Å². The number of rotatable bonds is 6. The molecule has 0 saturated carbocycles. The summed E-state index contributed by atoms with van der Waals surface area (Å²) in [7, 11) is -2.54. The molecule has 0 aliphatic carbocycles. The van der Waals surface area contributed by atoms with E-state index in [4.69, 9.17) is 5.80 Å². The van der Waals surface area contributed by atoms with Crippen LogP contribution in [0.2, 0.25) is 5.04 Å². The molecule has 0 saturated heterocycles. The van der Waals surface area contributed by atoms with Gasteiger partial charge in [-0.3, -0.25) is 0 Å². The summed E-state index contributed by atoms with van der Waals surface area (Å²) in [5.74, 6) is 0.